The molecule has 0 amide bonds. The first-order valence-corrected chi connectivity index (χ1v) is 6.51. The highest BCUT2D eigenvalue weighted by Gasteiger charge is 2.09. The predicted octanol–water partition coefficient (Wildman–Crippen LogP) is 3.63. The molecule has 0 atom stereocenters. The van der Waals surface area contributed by atoms with E-state index in [1.54, 1.807) is 6.07 Å². The van der Waals surface area contributed by atoms with Crippen molar-refractivity contribution in [1.29, 1.82) is 0 Å². The highest BCUT2D eigenvalue weighted by Crippen LogP contribution is 2.27. The lowest BCUT2D eigenvalue weighted by molar-refractivity contribution is -0.141. The molecule has 0 unspecified atom stereocenters. The van der Waals surface area contributed by atoms with Crippen LogP contribution in [0.1, 0.15) is 25.7 Å². The molecule has 0 aliphatic rings. The second-order valence-corrected chi connectivity index (χ2v) is 4.68. The maximum absolute atomic E-state index is 11.5. The quantitative estimate of drug-likeness (QED) is 0.457. The summed E-state index contributed by atoms with van der Waals surface area (Å²) < 4.78 is 9.58. The normalized spacial score (nSPS) is 10.1. The summed E-state index contributed by atoms with van der Waals surface area (Å²) in [5.41, 5.74) is 0. The van der Waals surface area contributed by atoms with Crippen LogP contribution in [0.15, 0.2) is 18.2 Å². The maximum atomic E-state index is 11.5. The van der Waals surface area contributed by atoms with E-state index < -0.39 is 5.97 Å². The number of carbonyl (C=O) groups is 2. The highest BCUT2D eigenvalue weighted by atomic mass is 35.5. The Morgan fingerprint density at radius 1 is 1.11 bits per heavy atom. The summed E-state index contributed by atoms with van der Waals surface area (Å²) in [6, 6.07) is 4.63. The monoisotopic (exact) mass is 304 g/mol. The number of benzene rings is 1. The summed E-state index contributed by atoms with van der Waals surface area (Å²) in [7, 11) is 1.33. The lowest BCUT2D eigenvalue weighted by atomic mass is 10.2. The van der Waals surface area contributed by atoms with Crippen molar-refractivity contribution in [2.24, 2.45) is 0 Å². The van der Waals surface area contributed by atoms with Gasteiger partial charge in [-0.1, -0.05) is 23.2 Å². The molecule has 0 aliphatic heterocycles. The fraction of sp³-hybridized carbons (Fsp3) is 0.385. The van der Waals surface area contributed by atoms with Gasteiger partial charge < -0.3 is 9.47 Å². The smallest absolute Gasteiger partial charge is 0.311 e. The van der Waals surface area contributed by atoms with Gasteiger partial charge in [0.25, 0.3) is 0 Å². The first kappa shape index (κ1) is 15.8. The molecule has 1 rings (SSSR count). The van der Waals surface area contributed by atoms with Gasteiger partial charge in [0.15, 0.2) is 0 Å². The number of carbonyl (C=O) groups excluding carboxylic acids is 2. The summed E-state index contributed by atoms with van der Waals surface area (Å²) in [4.78, 5) is 22.4. The molecular formula is C13H14Cl2O4. The van der Waals surface area contributed by atoms with E-state index in [1.807, 2.05) is 0 Å². The summed E-state index contributed by atoms with van der Waals surface area (Å²) >= 11 is 11.6. The van der Waals surface area contributed by atoms with E-state index >= 15 is 0 Å². The van der Waals surface area contributed by atoms with Crippen molar-refractivity contribution in [3.63, 3.8) is 0 Å². The second-order valence-electron chi connectivity index (χ2n) is 3.83. The molecular weight excluding hydrogens is 291 g/mol. The SMILES string of the molecule is COC(=O)CCCCC(=O)Oc1ccc(Cl)cc1Cl. The Labute approximate surface area is 121 Å². The minimum Gasteiger partial charge on any atom is -0.469 e. The molecule has 0 heterocycles. The van der Waals surface area contributed by atoms with E-state index in [0.717, 1.165) is 0 Å². The van der Waals surface area contributed by atoms with Crippen LogP contribution >= 0.6 is 23.2 Å². The van der Waals surface area contributed by atoms with Crippen LogP contribution in [0.4, 0.5) is 0 Å². The lowest BCUT2D eigenvalue weighted by Gasteiger charge is -2.06. The van der Waals surface area contributed by atoms with Gasteiger partial charge in [-0.2, -0.15) is 0 Å². The van der Waals surface area contributed by atoms with Crippen LogP contribution in [0, 0.1) is 0 Å². The molecule has 1 aromatic carbocycles. The van der Waals surface area contributed by atoms with E-state index in [9.17, 15) is 9.59 Å². The molecule has 0 bridgehead atoms. The molecule has 0 saturated heterocycles. The van der Waals surface area contributed by atoms with Crippen molar-refractivity contribution < 1.29 is 19.1 Å². The molecule has 0 saturated carbocycles. The van der Waals surface area contributed by atoms with E-state index in [2.05, 4.69) is 4.74 Å². The van der Waals surface area contributed by atoms with Crippen LogP contribution in [-0.2, 0) is 14.3 Å². The third-order valence-corrected chi connectivity index (χ3v) is 2.89. The fourth-order valence-electron chi connectivity index (χ4n) is 1.37. The Morgan fingerprint density at radius 3 is 2.32 bits per heavy atom. The molecule has 0 N–H and O–H groups in total. The van der Waals surface area contributed by atoms with Crippen LogP contribution in [-0.4, -0.2) is 19.0 Å². The minimum atomic E-state index is -0.394. The Morgan fingerprint density at radius 2 is 1.74 bits per heavy atom. The third kappa shape index (κ3) is 5.94. The molecule has 104 valence electrons. The number of ether oxygens (including phenoxy) is 2. The zero-order chi connectivity index (χ0) is 14.3. The van der Waals surface area contributed by atoms with Gasteiger partial charge >= 0.3 is 11.9 Å². The van der Waals surface area contributed by atoms with E-state index in [-0.39, 0.29) is 23.2 Å². The minimum absolute atomic E-state index is 0.218. The second kappa shape index (κ2) is 8.02. The first-order valence-electron chi connectivity index (χ1n) is 5.75. The van der Waals surface area contributed by atoms with Gasteiger partial charge in [0.1, 0.15) is 5.75 Å². The largest absolute Gasteiger partial charge is 0.469 e. The van der Waals surface area contributed by atoms with Crippen LogP contribution in [0.3, 0.4) is 0 Å². The van der Waals surface area contributed by atoms with Crippen LogP contribution in [0.5, 0.6) is 5.75 Å². The Balaban J connectivity index is 2.33. The number of rotatable bonds is 6. The topological polar surface area (TPSA) is 52.6 Å². The van der Waals surface area contributed by atoms with Crippen molar-refractivity contribution in [1.82, 2.24) is 0 Å². The van der Waals surface area contributed by atoms with Crippen molar-refractivity contribution in [3.8, 4) is 5.75 Å². The Kier molecular flexibility index (Phi) is 6.67. The third-order valence-electron chi connectivity index (χ3n) is 2.36. The standard InChI is InChI=1S/C13H14Cl2O4/c1-18-12(16)4-2-3-5-13(17)19-11-7-6-9(14)8-10(11)15/h6-8H,2-5H2,1H3. The molecule has 6 heteroatoms. The number of hydrogen-bond donors (Lipinski definition) is 0. The van der Waals surface area contributed by atoms with Crippen molar-refractivity contribution >= 4 is 35.1 Å². The lowest BCUT2D eigenvalue weighted by Crippen LogP contribution is -2.08. The van der Waals surface area contributed by atoms with Crippen LogP contribution in [0.2, 0.25) is 10.0 Å². The van der Waals surface area contributed by atoms with Crippen molar-refractivity contribution in [2.75, 3.05) is 7.11 Å². The average Bonchev–Trinajstić information content (AvgIpc) is 2.37. The zero-order valence-corrected chi connectivity index (χ0v) is 12.0. The molecule has 1 aromatic rings. The summed E-state index contributed by atoms with van der Waals surface area (Å²) in [6.45, 7) is 0. The average molecular weight is 305 g/mol. The summed E-state index contributed by atoms with van der Waals surface area (Å²) in [6.07, 6.45) is 1.65. The molecule has 0 aliphatic carbocycles. The maximum Gasteiger partial charge on any atom is 0.311 e. The zero-order valence-electron chi connectivity index (χ0n) is 10.4. The highest BCUT2D eigenvalue weighted by molar-refractivity contribution is 6.35. The molecule has 0 aromatic heterocycles. The predicted molar refractivity (Wildman–Crippen MR) is 72.6 cm³/mol. The van der Waals surface area contributed by atoms with Gasteiger partial charge in [0.05, 0.1) is 12.1 Å². The van der Waals surface area contributed by atoms with Crippen LogP contribution in [0.25, 0.3) is 0 Å². The van der Waals surface area contributed by atoms with Gasteiger partial charge in [-0.3, -0.25) is 9.59 Å². The van der Waals surface area contributed by atoms with Gasteiger partial charge in [0, 0.05) is 17.9 Å². The van der Waals surface area contributed by atoms with Gasteiger partial charge in [-0.25, -0.2) is 0 Å². The number of unbranched alkanes of at least 4 members (excludes halogenated alkanes) is 1. The molecule has 4 nitrogen and oxygen atoms in total. The van der Waals surface area contributed by atoms with Gasteiger partial charge in [0.2, 0.25) is 0 Å². The fourth-order valence-corrected chi connectivity index (χ4v) is 1.82. The molecule has 0 spiro atoms. The van der Waals surface area contributed by atoms with E-state index in [0.29, 0.717) is 24.3 Å². The number of esters is 2. The number of methoxy groups -OCH3 is 1. The van der Waals surface area contributed by atoms with Gasteiger partial charge in [-0.05, 0) is 31.0 Å². The molecule has 19 heavy (non-hydrogen) atoms. The van der Waals surface area contributed by atoms with Crippen molar-refractivity contribution in [3.05, 3.63) is 28.2 Å². The van der Waals surface area contributed by atoms with E-state index in [1.165, 1.54) is 19.2 Å². The first-order chi connectivity index (χ1) is 9.02. The number of halogens is 2. The van der Waals surface area contributed by atoms with Crippen LogP contribution < -0.4 is 4.74 Å². The Bertz CT molecular complexity index is 460. The molecule has 0 fully saturated rings. The Hall–Kier alpha value is -1.26. The van der Waals surface area contributed by atoms with Gasteiger partial charge in [-0.15, -0.1) is 0 Å². The number of hydrogen-bond acceptors (Lipinski definition) is 4. The van der Waals surface area contributed by atoms with Crippen molar-refractivity contribution in [2.45, 2.75) is 25.7 Å². The summed E-state index contributed by atoms with van der Waals surface area (Å²) in [5.74, 6) is -0.396. The summed E-state index contributed by atoms with van der Waals surface area (Å²) in [5, 5.41) is 0.762. The van der Waals surface area contributed by atoms with E-state index in [4.69, 9.17) is 27.9 Å². The molecule has 0 radical (unpaired) electrons.